The number of thioether (sulfide) groups is 1. The molecule has 0 bridgehead atoms. The van der Waals surface area contributed by atoms with E-state index in [9.17, 15) is 0 Å². The van der Waals surface area contributed by atoms with Gasteiger partial charge in [0.1, 0.15) is 0 Å². The number of likely N-dealkylation sites (N-methyl/N-ethyl adjacent to an activating group) is 1. The first-order valence-corrected chi connectivity index (χ1v) is 8.55. The zero-order chi connectivity index (χ0) is 13.5. The van der Waals surface area contributed by atoms with E-state index in [2.05, 4.69) is 22.4 Å². The summed E-state index contributed by atoms with van der Waals surface area (Å²) in [4.78, 5) is 4.50. The van der Waals surface area contributed by atoms with Crippen LogP contribution >= 0.6 is 11.8 Å². The fourth-order valence-electron chi connectivity index (χ4n) is 2.79. The topological polar surface area (TPSA) is 51.0 Å². The third-order valence-corrected chi connectivity index (χ3v) is 4.98. The summed E-state index contributed by atoms with van der Waals surface area (Å²) in [6.07, 6.45) is 7.46. The van der Waals surface area contributed by atoms with Gasteiger partial charge in [0.2, 0.25) is 5.89 Å². The van der Waals surface area contributed by atoms with Crippen molar-refractivity contribution >= 4 is 11.8 Å². The first-order valence-electron chi connectivity index (χ1n) is 7.40. The lowest BCUT2D eigenvalue weighted by Gasteiger charge is -2.20. The first-order chi connectivity index (χ1) is 9.33. The van der Waals surface area contributed by atoms with Crippen molar-refractivity contribution in [2.45, 2.75) is 57.2 Å². The summed E-state index contributed by atoms with van der Waals surface area (Å²) < 4.78 is 5.37. The van der Waals surface area contributed by atoms with Crippen LogP contribution in [0, 0.1) is 5.92 Å². The number of aromatic nitrogens is 2. The van der Waals surface area contributed by atoms with Crippen LogP contribution < -0.4 is 5.32 Å². The van der Waals surface area contributed by atoms with Crippen LogP contribution in [0.25, 0.3) is 0 Å². The Balaban J connectivity index is 1.83. The van der Waals surface area contributed by atoms with E-state index in [4.69, 9.17) is 4.52 Å². The fourth-order valence-corrected chi connectivity index (χ4v) is 3.52. The minimum atomic E-state index is 0.485. The summed E-state index contributed by atoms with van der Waals surface area (Å²) in [7, 11) is 2.04. The van der Waals surface area contributed by atoms with Gasteiger partial charge in [-0.3, -0.25) is 0 Å². The Labute approximate surface area is 120 Å². The van der Waals surface area contributed by atoms with Gasteiger partial charge in [-0.1, -0.05) is 24.9 Å². The Morgan fingerprint density at radius 1 is 1.42 bits per heavy atom. The molecule has 0 aromatic carbocycles. The van der Waals surface area contributed by atoms with Gasteiger partial charge in [-0.2, -0.15) is 16.7 Å². The van der Waals surface area contributed by atoms with Crippen LogP contribution in [0.1, 0.15) is 50.7 Å². The Morgan fingerprint density at radius 3 is 2.89 bits per heavy atom. The predicted molar refractivity (Wildman–Crippen MR) is 79.3 cm³/mol. The molecule has 108 valence electrons. The molecule has 2 rings (SSSR count). The molecular weight excluding hydrogens is 258 g/mol. The second-order valence-electron chi connectivity index (χ2n) is 5.30. The second kappa shape index (κ2) is 7.90. The Hall–Kier alpha value is -0.550. The molecule has 0 radical (unpaired) electrons. The zero-order valence-electron chi connectivity index (χ0n) is 12.0. The second-order valence-corrected chi connectivity index (χ2v) is 6.41. The molecular formula is C14H25N3OS. The lowest BCUT2D eigenvalue weighted by molar-refractivity contribution is 0.317. The molecule has 1 aliphatic rings. The largest absolute Gasteiger partial charge is 0.339 e. The fraction of sp³-hybridized carbons (Fsp3) is 0.857. The Bertz CT molecular complexity index is 363. The van der Waals surface area contributed by atoms with E-state index in [-0.39, 0.29) is 0 Å². The first kappa shape index (κ1) is 14.9. The van der Waals surface area contributed by atoms with Crippen molar-refractivity contribution in [1.29, 1.82) is 0 Å². The smallest absolute Gasteiger partial charge is 0.228 e. The van der Waals surface area contributed by atoms with E-state index in [1.807, 2.05) is 18.8 Å². The SMILES string of the molecule is CCCSCc1noc(CC(NC)C2CCCC2)n1. The molecule has 0 amide bonds. The molecule has 1 aromatic rings. The molecule has 1 aromatic heterocycles. The van der Waals surface area contributed by atoms with Crippen molar-refractivity contribution in [3.8, 4) is 0 Å². The minimum absolute atomic E-state index is 0.485. The number of hydrogen-bond donors (Lipinski definition) is 1. The molecule has 0 saturated heterocycles. The summed E-state index contributed by atoms with van der Waals surface area (Å²) in [6, 6.07) is 0.485. The van der Waals surface area contributed by atoms with E-state index in [0.717, 1.165) is 35.6 Å². The maximum Gasteiger partial charge on any atom is 0.228 e. The molecule has 4 nitrogen and oxygen atoms in total. The van der Waals surface area contributed by atoms with Gasteiger partial charge in [0.05, 0.1) is 5.75 Å². The van der Waals surface area contributed by atoms with Gasteiger partial charge in [-0.15, -0.1) is 0 Å². The van der Waals surface area contributed by atoms with Crippen molar-refractivity contribution in [1.82, 2.24) is 15.5 Å². The van der Waals surface area contributed by atoms with Crippen LogP contribution in [0.15, 0.2) is 4.52 Å². The Kier molecular flexibility index (Phi) is 6.17. The van der Waals surface area contributed by atoms with E-state index in [0.29, 0.717) is 6.04 Å². The molecule has 1 aliphatic carbocycles. The number of hydrogen-bond acceptors (Lipinski definition) is 5. The van der Waals surface area contributed by atoms with Gasteiger partial charge < -0.3 is 9.84 Å². The van der Waals surface area contributed by atoms with E-state index in [1.54, 1.807) is 0 Å². The average molecular weight is 283 g/mol. The van der Waals surface area contributed by atoms with Gasteiger partial charge in [0.15, 0.2) is 5.82 Å². The number of nitrogens with zero attached hydrogens (tertiary/aromatic N) is 2. The van der Waals surface area contributed by atoms with Gasteiger partial charge in [-0.25, -0.2) is 0 Å². The summed E-state index contributed by atoms with van der Waals surface area (Å²) >= 11 is 1.87. The molecule has 1 heterocycles. The van der Waals surface area contributed by atoms with Crippen molar-refractivity contribution in [2.75, 3.05) is 12.8 Å². The zero-order valence-corrected chi connectivity index (χ0v) is 12.8. The van der Waals surface area contributed by atoms with Crippen molar-refractivity contribution < 1.29 is 4.52 Å². The normalized spacial score (nSPS) is 18.0. The lowest BCUT2D eigenvalue weighted by Crippen LogP contribution is -2.34. The van der Waals surface area contributed by atoms with Crippen LogP contribution in [0.4, 0.5) is 0 Å². The molecule has 1 saturated carbocycles. The monoisotopic (exact) mass is 283 g/mol. The summed E-state index contributed by atoms with van der Waals surface area (Å²) in [5.41, 5.74) is 0. The maximum absolute atomic E-state index is 5.37. The standard InChI is InChI=1S/C14H25N3OS/c1-3-8-19-10-13-16-14(18-17-13)9-12(15-2)11-6-4-5-7-11/h11-12,15H,3-10H2,1-2H3. The molecule has 1 unspecified atom stereocenters. The van der Waals surface area contributed by atoms with Crippen LogP contribution in [0.2, 0.25) is 0 Å². The van der Waals surface area contributed by atoms with Gasteiger partial charge >= 0.3 is 0 Å². The van der Waals surface area contributed by atoms with Crippen molar-refractivity contribution in [3.05, 3.63) is 11.7 Å². The quantitative estimate of drug-likeness (QED) is 0.743. The summed E-state index contributed by atoms with van der Waals surface area (Å²) in [5.74, 6) is 4.43. The molecule has 19 heavy (non-hydrogen) atoms. The minimum Gasteiger partial charge on any atom is -0.339 e. The van der Waals surface area contributed by atoms with Crippen LogP contribution in [0.3, 0.4) is 0 Å². The summed E-state index contributed by atoms with van der Waals surface area (Å²) in [6.45, 7) is 2.19. The molecule has 1 N–H and O–H groups in total. The van der Waals surface area contributed by atoms with Crippen LogP contribution in [-0.4, -0.2) is 29.0 Å². The third-order valence-electron chi connectivity index (χ3n) is 3.82. The van der Waals surface area contributed by atoms with Gasteiger partial charge in [0, 0.05) is 12.5 Å². The molecule has 0 spiro atoms. The van der Waals surface area contributed by atoms with E-state index in [1.165, 1.54) is 32.1 Å². The van der Waals surface area contributed by atoms with E-state index < -0.39 is 0 Å². The number of rotatable bonds is 8. The maximum atomic E-state index is 5.37. The average Bonchev–Trinajstić information content (AvgIpc) is 3.07. The van der Waals surface area contributed by atoms with Crippen molar-refractivity contribution in [2.24, 2.45) is 5.92 Å². The van der Waals surface area contributed by atoms with Gasteiger partial charge in [-0.05, 0) is 38.0 Å². The molecule has 5 heteroatoms. The molecule has 1 fully saturated rings. The third kappa shape index (κ3) is 4.49. The van der Waals surface area contributed by atoms with Crippen LogP contribution in [0.5, 0.6) is 0 Å². The predicted octanol–water partition coefficient (Wildman–Crippen LogP) is 3.03. The highest BCUT2D eigenvalue weighted by Crippen LogP contribution is 2.29. The number of nitrogens with one attached hydrogen (secondary N) is 1. The van der Waals surface area contributed by atoms with Crippen molar-refractivity contribution in [3.63, 3.8) is 0 Å². The van der Waals surface area contributed by atoms with Crippen LogP contribution in [-0.2, 0) is 12.2 Å². The Morgan fingerprint density at radius 2 is 2.21 bits per heavy atom. The lowest BCUT2D eigenvalue weighted by atomic mass is 9.95. The molecule has 0 aliphatic heterocycles. The highest BCUT2D eigenvalue weighted by molar-refractivity contribution is 7.98. The highest BCUT2D eigenvalue weighted by Gasteiger charge is 2.25. The van der Waals surface area contributed by atoms with E-state index >= 15 is 0 Å². The summed E-state index contributed by atoms with van der Waals surface area (Å²) in [5, 5.41) is 7.49. The van der Waals surface area contributed by atoms with Gasteiger partial charge in [0.25, 0.3) is 0 Å². The molecule has 1 atom stereocenters. The highest BCUT2D eigenvalue weighted by atomic mass is 32.2.